The summed E-state index contributed by atoms with van der Waals surface area (Å²) in [6, 6.07) is -7.95. The van der Waals surface area contributed by atoms with Gasteiger partial charge in [0.15, 0.2) is 23.8 Å². The Morgan fingerprint density at radius 2 is 0.788 bits per heavy atom. The Hall–Kier alpha value is -7.17. The van der Waals surface area contributed by atoms with E-state index >= 15 is 0 Å². The van der Waals surface area contributed by atoms with E-state index in [4.69, 9.17) is 51.4 Å². The lowest BCUT2D eigenvalue weighted by molar-refractivity contribution is -0.141. The van der Waals surface area contributed by atoms with Crippen LogP contribution in [0.15, 0.2) is 25.2 Å². The number of carboxylic acid groups (broad SMARTS) is 1. The predicted molar refractivity (Wildman–Crippen MR) is 249 cm³/mol. The lowest BCUT2D eigenvalue weighted by Gasteiger charge is -2.27. The molecule has 0 fully saturated rings. The fraction of sp³-hybridized carbons (Fsp3) is 0.686. The van der Waals surface area contributed by atoms with Crippen molar-refractivity contribution in [2.75, 3.05) is 38.5 Å². The van der Waals surface area contributed by atoms with Crippen molar-refractivity contribution in [3.63, 3.8) is 0 Å². The summed E-state index contributed by atoms with van der Waals surface area (Å²) in [5.74, 6) is -7.25. The predicted octanol–water partition coefficient (Wildman–Crippen LogP) is -5.87. The molecule has 0 aromatic heterocycles. The number of azide groups is 1. The maximum absolute atomic E-state index is 14.2. The molecule has 6 amide bonds. The smallest absolute Gasteiger partial charge is 0.327 e. The van der Waals surface area contributed by atoms with Gasteiger partial charge in [0.1, 0.15) is 36.3 Å². The summed E-state index contributed by atoms with van der Waals surface area (Å²) in [4.78, 5) is 111. The standard InChI is InChI=1S/C35H68N22O8S/c1-19(58)50-20(8-2-3-17-49-57-56-44)26(59)51-21(9-4-13-45-32(36)37)27(60)52-22(10-5-14-46-33(38)39)28(61)53-23(11-6-15-47-34(40)41)29(62)54-24(12-7-16-48-35(42)43)30(63)55-25(18-66)31(64)65/h20-25,49,66H,2-18H2,1H3,(H,50,58)(H,51,59)(H,52,60)(H,53,61)(H,54,62)(H,55,63)(H,64,65)(H4,36,37,45)(H4,38,39,46)(H4,40,41,47)(H4,42,43,48)/t20-,21+,22+,23+,24+,25+/m0/s1. The Balaban J connectivity index is 6.83. The minimum atomic E-state index is -1.41. The number of aliphatic carboxylic acids is 1. The number of nitrogens with zero attached hydrogens (tertiary/aromatic N) is 7. The molecule has 0 rings (SSSR count). The van der Waals surface area contributed by atoms with E-state index in [0.29, 0.717) is 19.4 Å². The fourth-order valence-electron chi connectivity index (χ4n) is 5.78. The molecule has 31 heteroatoms. The third kappa shape index (κ3) is 28.5. The molecule has 0 radical (unpaired) electrons. The zero-order chi connectivity index (χ0) is 50.0. The van der Waals surface area contributed by atoms with Crippen molar-refractivity contribution in [2.45, 2.75) is 114 Å². The molecule has 30 nitrogen and oxygen atoms in total. The lowest BCUT2D eigenvalue weighted by atomic mass is 10.0. The van der Waals surface area contributed by atoms with Gasteiger partial charge >= 0.3 is 5.97 Å². The van der Waals surface area contributed by atoms with E-state index in [1.807, 2.05) is 0 Å². The van der Waals surface area contributed by atoms with E-state index in [1.165, 1.54) is 6.92 Å². The normalized spacial score (nSPS) is 13.1. The first-order chi connectivity index (χ1) is 31.2. The van der Waals surface area contributed by atoms with Crippen molar-refractivity contribution in [1.82, 2.24) is 37.3 Å². The van der Waals surface area contributed by atoms with Gasteiger partial charge in [-0.15, -0.1) is 5.53 Å². The summed E-state index contributed by atoms with van der Waals surface area (Å²) in [5.41, 5.74) is 54.6. The van der Waals surface area contributed by atoms with Gasteiger partial charge in [-0.2, -0.15) is 17.5 Å². The van der Waals surface area contributed by atoms with Crippen LogP contribution in [0.25, 0.3) is 10.4 Å². The molecule has 66 heavy (non-hydrogen) atoms. The van der Waals surface area contributed by atoms with Gasteiger partial charge in [0, 0.05) is 38.9 Å². The minimum Gasteiger partial charge on any atom is -0.480 e. The first-order valence-corrected chi connectivity index (χ1v) is 21.5. The molecule has 0 bridgehead atoms. The van der Waals surface area contributed by atoms with Gasteiger partial charge in [-0.1, -0.05) is 0 Å². The summed E-state index contributed by atoms with van der Waals surface area (Å²) in [6.07, 6.45) is 1.28. The number of rotatable bonds is 35. The summed E-state index contributed by atoms with van der Waals surface area (Å²) in [7, 11) is 0. The molecule has 24 N–H and O–H groups in total. The second-order valence-corrected chi connectivity index (χ2v) is 14.8. The van der Waals surface area contributed by atoms with E-state index in [0.717, 1.165) is 0 Å². The van der Waals surface area contributed by atoms with Crippen LogP contribution in [0.4, 0.5) is 0 Å². The van der Waals surface area contributed by atoms with Gasteiger partial charge in [0.25, 0.3) is 0 Å². The van der Waals surface area contributed by atoms with Crippen LogP contribution in [0.5, 0.6) is 0 Å². The average Bonchev–Trinajstić information content (AvgIpc) is 3.23. The summed E-state index contributed by atoms with van der Waals surface area (Å²) >= 11 is 3.98. The maximum Gasteiger partial charge on any atom is 0.327 e. The van der Waals surface area contributed by atoms with Crippen LogP contribution in [-0.4, -0.2) is 145 Å². The molecule has 0 aliphatic heterocycles. The number of nitrogens with two attached hydrogens (primary N) is 8. The molecule has 0 aromatic rings. The summed E-state index contributed by atoms with van der Waals surface area (Å²) in [6.45, 7) is 1.68. The Kier molecular flexibility index (Phi) is 30.5. The third-order valence-corrected chi connectivity index (χ3v) is 9.32. The number of amides is 6. The van der Waals surface area contributed by atoms with Gasteiger partial charge in [-0.3, -0.25) is 54.2 Å². The second-order valence-electron chi connectivity index (χ2n) is 14.5. The van der Waals surface area contributed by atoms with Crippen LogP contribution in [0.3, 0.4) is 0 Å². The van der Waals surface area contributed by atoms with Gasteiger partial charge in [-0.25, -0.2) is 4.79 Å². The lowest BCUT2D eigenvalue weighted by Crippen LogP contribution is -2.59. The highest BCUT2D eigenvalue weighted by Gasteiger charge is 2.33. The quantitative estimate of drug-likeness (QED) is 0.00411. The SMILES string of the molecule is CC(=O)N[C@@H](CCCCNN=[N+]=[N-])C(=O)N[C@H](CCCN=C(N)N)C(=O)N[C@H](CCCN=C(N)N)C(=O)N[C@H](CCCN=C(N)N)C(=O)N[C@H](CCCN=C(N)N)C(=O)N[C@H](CS)C(=O)O. The summed E-state index contributed by atoms with van der Waals surface area (Å²) < 4.78 is 0. The highest BCUT2D eigenvalue weighted by molar-refractivity contribution is 7.80. The molecule has 372 valence electrons. The van der Waals surface area contributed by atoms with Crippen molar-refractivity contribution in [1.29, 1.82) is 0 Å². The van der Waals surface area contributed by atoms with Gasteiger partial charge in [-0.05, 0) is 75.9 Å². The Morgan fingerprint density at radius 1 is 0.500 bits per heavy atom. The number of hydrogen-bond donors (Lipinski definition) is 17. The average molecular weight is 957 g/mol. The molecule has 0 spiro atoms. The maximum atomic E-state index is 14.2. The van der Waals surface area contributed by atoms with Crippen LogP contribution < -0.4 is 83.2 Å². The van der Waals surface area contributed by atoms with Crippen LogP contribution in [0, 0.1) is 0 Å². The van der Waals surface area contributed by atoms with E-state index in [-0.39, 0.29) is 114 Å². The topological polar surface area (TPSA) is 530 Å². The van der Waals surface area contributed by atoms with Crippen LogP contribution in [-0.2, 0) is 33.6 Å². The van der Waals surface area contributed by atoms with Crippen molar-refractivity contribution >= 4 is 77.9 Å². The summed E-state index contributed by atoms with van der Waals surface area (Å²) in [5, 5.41) is 28.1. The number of hydrogen-bond acceptors (Lipinski definition) is 13. The van der Waals surface area contributed by atoms with E-state index < -0.39 is 77.7 Å². The van der Waals surface area contributed by atoms with E-state index in [2.05, 4.69) is 80.1 Å². The second kappa shape index (κ2) is 34.3. The highest BCUT2D eigenvalue weighted by atomic mass is 32.1. The molecular weight excluding hydrogens is 889 g/mol. The van der Waals surface area contributed by atoms with Crippen LogP contribution >= 0.6 is 12.6 Å². The third-order valence-electron chi connectivity index (χ3n) is 8.95. The molecule has 0 heterocycles. The molecule has 6 atom stereocenters. The molecule has 0 unspecified atom stereocenters. The van der Waals surface area contributed by atoms with Crippen LogP contribution in [0.1, 0.15) is 77.6 Å². The number of carbonyl (C=O) groups excluding carboxylic acids is 6. The van der Waals surface area contributed by atoms with Gasteiger partial charge in [0.2, 0.25) is 35.4 Å². The van der Waals surface area contributed by atoms with Gasteiger partial charge < -0.3 is 82.9 Å². The number of aliphatic imine (C=N–C) groups is 4. The number of thiol groups is 1. The Morgan fingerprint density at radius 3 is 1.05 bits per heavy atom. The Bertz CT molecular complexity index is 1740. The number of carbonyl (C=O) groups is 7. The zero-order valence-electron chi connectivity index (χ0n) is 37.0. The molecule has 0 aliphatic rings. The number of unbranched alkanes of at least 4 members (excludes halogenated alkanes) is 1. The van der Waals surface area contributed by atoms with Crippen molar-refractivity contribution in [3.05, 3.63) is 10.4 Å². The van der Waals surface area contributed by atoms with Crippen molar-refractivity contribution in [2.24, 2.45) is 71.1 Å². The van der Waals surface area contributed by atoms with Crippen molar-refractivity contribution in [3.8, 4) is 0 Å². The monoisotopic (exact) mass is 957 g/mol. The first-order valence-electron chi connectivity index (χ1n) is 20.8. The number of guanidine groups is 4. The van der Waals surface area contributed by atoms with Crippen LogP contribution in [0.2, 0.25) is 0 Å². The fourth-order valence-corrected chi connectivity index (χ4v) is 6.03. The molecule has 0 saturated carbocycles. The minimum absolute atomic E-state index is 0.0265. The largest absolute Gasteiger partial charge is 0.480 e. The first kappa shape index (κ1) is 58.8. The molecule has 0 saturated heterocycles. The van der Waals surface area contributed by atoms with E-state index in [1.54, 1.807) is 0 Å². The Labute approximate surface area is 386 Å². The van der Waals surface area contributed by atoms with Gasteiger partial charge in [0.05, 0.1) is 6.54 Å². The highest BCUT2D eigenvalue weighted by Crippen LogP contribution is 2.09. The molecule has 0 aromatic carbocycles. The molecule has 0 aliphatic carbocycles. The number of nitrogens with one attached hydrogen (secondary N) is 7. The number of carboxylic acids is 1. The zero-order valence-corrected chi connectivity index (χ0v) is 37.9. The van der Waals surface area contributed by atoms with E-state index in [9.17, 15) is 38.7 Å². The van der Waals surface area contributed by atoms with Crippen molar-refractivity contribution < 1.29 is 38.7 Å². The molecular formula is C35H68N22O8S.